The van der Waals surface area contributed by atoms with Gasteiger partial charge in [-0.1, -0.05) is 0 Å². The van der Waals surface area contributed by atoms with Crippen LogP contribution in [0.15, 0.2) is 47.5 Å². The Hall–Kier alpha value is -3.62. The molecule has 0 radical (unpaired) electrons. The van der Waals surface area contributed by atoms with Crippen LogP contribution in [0.5, 0.6) is 6.01 Å². The average molecular weight is 602 g/mol. The zero-order chi connectivity index (χ0) is 29.4. The molecule has 1 saturated carbocycles. The van der Waals surface area contributed by atoms with Crippen molar-refractivity contribution in [1.82, 2.24) is 15.0 Å². The van der Waals surface area contributed by atoms with E-state index in [2.05, 4.69) is 20.3 Å². The number of anilines is 3. The molecule has 1 aromatic carbocycles. The van der Waals surface area contributed by atoms with Gasteiger partial charge in [0.15, 0.2) is 0 Å². The van der Waals surface area contributed by atoms with Crippen molar-refractivity contribution in [2.45, 2.75) is 61.2 Å². The highest BCUT2D eigenvalue weighted by atomic mass is 32.2. The quantitative estimate of drug-likeness (QED) is 0.352. The maximum absolute atomic E-state index is 13.7. The smallest absolute Gasteiger partial charge is 0.460 e. The summed E-state index contributed by atoms with van der Waals surface area (Å²) in [7, 11) is -5.52. The van der Waals surface area contributed by atoms with Gasteiger partial charge in [-0.05, 0) is 68.5 Å². The summed E-state index contributed by atoms with van der Waals surface area (Å²) in [4.78, 5) is 13.7. The molecular formula is C26H25F6N5O3S. The number of hydrogen-bond donors (Lipinski definition) is 1. The van der Waals surface area contributed by atoms with Crippen LogP contribution in [0.25, 0.3) is 0 Å². The van der Waals surface area contributed by atoms with Crippen molar-refractivity contribution in [1.29, 1.82) is 0 Å². The Kier molecular flexibility index (Phi) is 7.74. The number of sulfone groups is 1. The standard InChI is InChI=1S/C26H25F6N5O3S/c27-25(28,29)20-6-3-13-33-23(20)37-14-11-19-21(12-15-37)35-24(40-17-4-1-2-5-17)36-22(19)34-16-7-9-18(10-8-16)41(38,39)26(30,31)32/h3,6-10,13,17H,1-2,4-5,11-12,14-15H2,(H,34,35,36). The van der Waals surface area contributed by atoms with Crippen LogP contribution in [0.1, 0.15) is 42.5 Å². The summed E-state index contributed by atoms with van der Waals surface area (Å²) >= 11 is 0. The number of halogens is 6. The van der Waals surface area contributed by atoms with Gasteiger partial charge in [0.25, 0.3) is 9.84 Å². The molecule has 0 unspecified atom stereocenters. The van der Waals surface area contributed by atoms with Crippen LogP contribution in [-0.4, -0.2) is 48.1 Å². The number of aromatic nitrogens is 3. The maximum atomic E-state index is 13.7. The van der Waals surface area contributed by atoms with E-state index < -0.39 is 32.0 Å². The van der Waals surface area contributed by atoms with Crippen molar-refractivity contribution < 1.29 is 39.5 Å². The maximum Gasteiger partial charge on any atom is 0.501 e. The number of rotatable bonds is 6. The van der Waals surface area contributed by atoms with Crippen LogP contribution < -0.4 is 15.0 Å². The van der Waals surface area contributed by atoms with E-state index in [1.54, 1.807) is 0 Å². The average Bonchev–Trinajstić information content (AvgIpc) is 3.32. The Morgan fingerprint density at radius 3 is 2.27 bits per heavy atom. The highest BCUT2D eigenvalue weighted by Gasteiger charge is 2.46. The zero-order valence-corrected chi connectivity index (χ0v) is 22.3. The summed E-state index contributed by atoms with van der Waals surface area (Å²) in [6.07, 6.45) is 0.744. The number of nitrogens with one attached hydrogen (secondary N) is 1. The van der Waals surface area contributed by atoms with E-state index in [0.717, 1.165) is 43.9 Å². The second-order valence-corrected chi connectivity index (χ2v) is 11.7. The minimum Gasteiger partial charge on any atom is -0.460 e. The van der Waals surface area contributed by atoms with Gasteiger partial charge in [-0.2, -0.15) is 36.3 Å². The van der Waals surface area contributed by atoms with Crippen molar-refractivity contribution in [2.75, 3.05) is 23.3 Å². The van der Waals surface area contributed by atoms with E-state index in [4.69, 9.17) is 4.74 Å². The first-order valence-corrected chi connectivity index (χ1v) is 14.3. The van der Waals surface area contributed by atoms with Crippen LogP contribution in [0.2, 0.25) is 0 Å². The zero-order valence-electron chi connectivity index (χ0n) is 21.5. The van der Waals surface area contributed by atoms with Crippen LogP contribution in [-0.2, 0) is 28.9 Å². The number of benzene rings is 1. The minimum atomic E-state index is -5.52. The normalized spacial score (nSPS) is 16.8. The van der Waals surface area contributed by atoms with Gasteiger partial charge >= 0.3 is 17.7 Å². The van der Waals surface area contributed by atoms with Crippen molar-refractivity contribution in [2.24, 2.45) is 0 Å². The molecule has 2 aromatic heterocycles. The first-order valence-electron chi connectivity index (χ1n) is 12.8. The summed E-state index contributed by atoms with van der Waals surface area (Å²) in [5.41, 5.74) is -4.88. The molecule has 0 spiro atoms. The molecule has 0 atom stereocenters. The third-order valence-corrected chi connectivity index (χ3v) is 8.52. The highest BCUT2D eigenvalue weighted by Crippen LogP contribution is 2.37. The van der Waals surface area contributed by atoms with E-state index in [0.29, 0.717) is 11.3 Å². The lowest BCUT2D eigenvalue weighted by atomic mass is 10.1. The first kappa shape index (κ1) is 28.9. The van der Waals surface area contributed by atoms with Crippen LogP contribution in [0.4, 0.5) is 43.7 Å². The van der Waals surface area contributed by atoms with E-state index in [1.807, 2.05) is 0 Å². The van der Waals surface area contributed by atoms with Crippen LogP contribution in [0.3, 0.4) is 0 Å². The van der Waals surface area contributed by atoms with E-state index in [-0.39, 0.29) is 55.4 Å². The number of pyridine rings is 1. The molecule has 0 amide bonds. The minimum absolute atomic E-state index is 0.0803. The molecule has 1 aliphatic heterocycles. The third kappa shape index (κ3) is 6.19. The predicted octanol–water partition coefficient (Wildman–Crippen LogP) is 5.85. The molecule has 3 heterocycles. The monoisotopic (exact) mass is 601 g/mol. The van der Waals surface area contributed by atoms with Gasteiger partial charge in [-0.15, -0.1) is 0 Å². The second-order valence-electron chi connectivity index (χ2n) is 9.76. The lowest BCUT2D eigenvalue weighted by Crippen LogP contribution is -2.29. The molecule has 1 fully saturated rings. The fourth-order valence-electron chi connectivity index (χ4n) is 4.96. The lowest BCUT2D eigenvalue weighted by molar-refractivity contribution is -0.137. The molecule has 1 aliphatic carbocycles. The van der Waals surface area contributed by atoms with Gasteiger partial charge < -0.3 is 15.0 Å². The van der Waals surface area contributed by atoms with Crippen LogP contribution in [0, 0.1) is 0 Å². The topological polar surface area (TPSA) is 97.3 Å². The van der Waals surface area contributed by atoms with E-state index in [1.165, 1.54) is 29.3 Å². The van der Waals surface area contributed by atoms with Gasteiger partial charge in [0.1, 0.15) is 17.7 Å². The van der Waals surface area contributed by atoms with Crippen molar-refractivity contribution >= 4 is 27.2 Å². The lowest BCUT2D eigenvalue weighted by Gasteiger charge is -2.24. The summed E-state index contributed by atoms with van der Waals surface area (Å²) < 4.78 is 109. The van der Waals surface area contributed by atoms with Gasteiger partial charge in [0.2, 0.25) is 0 Å². The Morgan fingerprint density at radius 1 is 0.927 bits per heavy atom. The number of fused-ring (bicyclic) bond motifs is 1. The Balaban J connectivity index is 1.46. The molecule has 3 aromatic rings. The Morgan fingerprint density at radius 2 is 1.61 bits per heavy atom. The SMILES string of the molecule is O=S(=O)(c1ccc(Nc2nc(OC3CCCC3)nc3c2CCN(c2ncccc2C(F)(F)F)CC3)cc1)C(F)(F)F. The summed E-state index contributed by atoms with van der Waals surface area (Å²) in [6.45, 7) is 0.354. The van der Waals surface area contributed by atoms with Gasteiger partial charge in [0, 0.05) is 37.0 Å². The fourth-order valence-corrected chi connectivity index (χ4v) is 5.72. The Labute approximate surface area is 231 Å². The largest absolute Gasteiger partial charge is 0.501 e. The molecule has 8 nitrogen and oxygen atoms in total. The highest BCUT2D eigenvalue weighted by molar-refractivity contribution is 7.92. The molecule has 15 heteroatoms. The number of hydrogen-bond acceptors (Lipinski definition) is 8. The summed E-state index contributed by atoms with van der Waals surface area (Å²) in [5, 5.41) is 3.01. The van der Waals surface area contributed by atoms with Crippen molar-refractivity contribution in [3.8, 4) is 6.01 Å². The number of nitrogens with zero attached hydrogens (tertiary/aromatic N) is 4. The molecule has 0 bridgehead atoms. The molecule has 1 N–H and O–H groups in total. The molecular weight excluding hydrogens is 576 g/mol. The third-order valence-electron chi connectivity index (χ3n) is 7.02. The number of ether oxygens (including phenoxy) is 1. The summed E-state index contributed by atoms with van der Waals surface area (Å²) in [6, 6.07) is 6.31. The van der Waals surface area contributed by atoms with Crippen molar-refractivity contribution in [3.63, 3.8) is 0 Å². The fraction of sp³-hybridized carbons (Fsp3) is 0.423. The second kappa shape index (κ2) is 11.0. The molecule has 220 valence electrons. The van der Waals surface area contributed by atoms with Crippen LogP contribution >= 0.6 is 0 Å². The van der Waals surface area contributed by atoms with E-state index >= 15 is 0 Å². The Bertz CT molecular complexity index is 1510. The molecule has 2 aliphatic rings. The molecule has 41 heavy (non-hydrogen) atoms. The van der Waals surface area contributed by atoms with Crippen molar-refractivity contribution in [3.05, 3.63) is 59.4 Å². The number of alkyl halides is 6. The van der Waals surface area contributed by atoms with Gasteiger partial charge in [-0.25, -0.2) is 13.4 Å². The van der Waals surface area contributed by atoms with E-state index in [9.17, 15) is 34.8 Å². The summed E-state index contributed by atoms with van der Waals surface area (Å²) in [5.74, 6) is 0.0764. The van der Waals surface area contributed by atoms with Gasteiger partial charge in [0.05, 0.1) is 16.2 Å². The first-order chi connectivity index (χ1) is 19.3. The predicted molar refractivity (Wildman–Crippen MR) is 137 cm³/mol. The molecule has 5 rings (SSSR count). The molecule has 0 saturated heterocycles. The van der Waals surface area contributed by atoms with Gasteiger partial charge in [-0.3, -0.25) is 0 Å².